The molecule has 138 valence electrons. The summed E-state index contributed by atoms with van der Waals surface area (Å²) in [5.74, 6) is 0. The molecular formula is C25H32Hf-2. The van der Waals surface area contributed by atoms with E-state index >= 15 is 0 Å². The van der Waals surface area contributed by atoms with Gasteiger partial charge in [0.1, 0.15) is 0 Å². The molecule has 0 saturated heterocycles. The molecular weight excluding hydrogens is 479 g/mol. The van der Waals surface area contributed by atoms with Crippen molar-refractivity contribution in [2.45, 2.75) is 68.2 Å². The average Bonchev–Trinajstić information content (AvgIpc) is 3.06. The maximum Gasteiger partial charge on any atom is 0 e. The molecule has 0 saturated carbocycles. The smallest absolute Gasteiger partial charge is 0 e. The maximum absolute atomic E-state index is 3.44. The Kier molecular flexibility index (Phi) is 6.03. The van der Waals surface area contributed by atoms with Gasteiger partial charge in [0.15, 0.2) is 0 Å². The van der Waals surface area contributed by atoms with E-state index in [9.17, 15) is 0 Å². The Morgan fingerprint density at radius 2 is 1.62 bits per heavy atom. The molecule has 0 unspecified atom stereocenters. The van der Waals surface area contributed by atoms with Gasteiger partial charge < -0.3 is 0 Å². The number of rotatable bonds is 0. The number of fused-ring (bicyclic) bond motifs is 2. The molecule has 0 atom stereocenters. The van der Waals surface area contributed by atoms with Crippen molar-refractivity contribution >= 4 is 5.57 Å². The molecule has 0 radical (unpaired) electrons. The molecule has 0 spiro atoms. The van der Waals surface area contributed by atoms with Crippen LogP contribution in [0.25, 0.3) is 5.57 Å². The first-order valence-electron chi connectivity index (χ1n) is 9.49. The van der Waals surface area contributed by atoms with Gasteiger partial charge in [-0.2, -0.15) is 29.2 Å². The van der Waals surface area contributed by atoms with Crippen LogP contribution in [-0.4, -0.2) is 0 Å². The van der Waals surface area contributed by atoms with Gasteiger partial charge in [-0.25, -0.2) is 5.57 Å². The van der Waals surface area contributed by atoms with Crippen molar-refractivity contribution in [3.8, 4) is 0 Å². The normalized spacial score (nSPS) is 20.9. The fourth-order valence-electron chi connectivity index (χ4n) is 4.28. The predicted molar refractivity (Wildman–Crippen MR) is 109 cm³/mol. The zero-order valence-corrected chi connectivity index (χ0v) is 21.3. The number of allylic oxidation sites excluding steroid dienone is 6. The third-order valence-electron chi connectivity index (χ3n) is 6.17. The van der Waals surface area contributed by atoms with Crippen molar-refractivity contribution in [2.75, 3.05) is 0 Å². The van der Waals surface area contributed by atoms with Crippen LogP contribution in [0.3, 0.4) is 0 Å². The Bertz CT molecular complexity index is 813. The second-order valence-corrected chi connectivity index (χ2v) is 9.23. The molecule has 1 heteroatoms. The second kappa shape index (κ2) is 7.30. The first-order chi connectivity index (χ1) is 11.5. The average molecular weight is 511 g/mol. The molecule has 0 heterocycles. The van der Waals surface area contributed by atoms with Crippen molar-refractivity contribution in [3.05, 3.63) is 69.7 Å². The van der Waals surface area contributed by atoms with Crippen molar-refractivity contribution in [1.29, 1.82) is 0 Å². The van der Waals surface area contributed by atoms with E-state index in [2.05, 4.69) is 86.1 Å². The van der Waals surface area contributed by atoms with Crippen molar-refractivity contribution in [3.63, 3.8) is 0 Å². The topological polar surface area (TPSA) is 0 Å². The number of hydrogen-bond acceptors (Lipinski definition) is 0. The summed E-state index contributed by atoms with van der Waals surface area (Å²) in [6, 6.07) is 4.81. The van der Waals surface area contributed by atoms with Gasteiger partial charge >= 0.3 is 0 Å². The van der Waals surface area contributed by atoms with Gasteiger partial charge in [0.25, 0.3) is 0 Å². The minimum atomic E-state index is 0. The van der Waals surface area contributed by atoms with Crippen molar-refractivity contribution < 1.29 is 25.8 Å². The van der Waals surface area contributed by atoms with Crippen LogP contribution in [0.2, 0.25) is 0 Å². The van der Waals surface area contributed by atoms with Crippen LogP contribution in [0.1, 0.15) is 77.6 Å². The third-order valence-corrected chi connectivity index (χ3v) is 6.17. The zero-order valence-electron chi connectivity index (χ0n) is 17.7. The monoisotopic (exact) mass is 512 g/mol. The Morgan fingerprint density at radius 1 is 0.962 bits per heavy atom. The Labute approximate surface area is 179 Å². The predicted octanol–water partition coefficient (Wildman–Crippen LogP) is 6.89. The minimum absolute atomic E-state index is 0. The van der Waals surface area contributed by atoms with E-state index < -0.39 is 0 Å². The quantitative estimate of drug-likeness (QED) is 0.263. The molecule has 3 aliphatic carbocycles. The van der Waals surface area contributed by atoms with E-state index in [0.29, 0.717) is 5.41 Å². The molecule has 0 amide bonds. The van der Waals surface area contributed by atoms with Crippen LogP contribution >= 0.6 is 0 Å². The number of hydrogen-bond donors (Lipinski definition) is 0. The molecule has 0 fully saturated rings. The molecule has 4 rings (SSSR count). The summed E-state index contributed by atoms with van der Waals surface area (Å²) in [4.78, 5) is 0. The molecule has 0 aliphatic heterocycles. The standard InChI is InChI=1S/C15H17.C10H15.Hf/c1-10-4-5-11-6-12-8-15(2,3)9-13(12)7-14(10)11;1-7-6-10(4,5)9(3)8(7)2;/h4,6-7,9H,5,8H2,1-3H3;1-5H3;/q2*-1;. The summed E-state index contributed by atoms with van der Waals surface area (Å²) < 4.78 is 0. The Balaban J connectivity index is 0.000000195. The van der Waals surface area contributed by atoms with Crippen LogP contribution in [0.4, 0.5) is 0 Å². The summed E-state index contributed by atoms with van der Waals surface area (Å²) >= 11 is 0. The molecule has 3 aliphatic rings. The minimum Gasteiger partial charge on any atom is -0.263 e. The van der Waals surface area contributed by atoms with Gasteiger partial charge in [-0.15, -0.1) is 18.6 Å². The van der Waals surface area contributed by atoms with Gasteiger partial charge in [-0.1, -0.05) is 81.6 Å². The van der Waals surface area contributed by atoms with Crippen molar-refractivity contribution in [1.82, 2.24) is 0 Å². The van der Waals surface area contributed by atoms with Crippen LogP contribution in [0, 0.1) is 23.3 Å². The second-order valence-electron chi connectivity index (χ2n) is 9.23. The molecule has 1 aromatic rings. The Hall–Kier alpha value is -0.820. The van der Waals surface area contributed by atoms with Gasteiger partial charge in [0.2, 0.25) is 0 Å². The maximum atomic E-state index is 3.44. The zero-order chi connectivity index (χ0) is 18.6. The summed E-state index contributed by atoms with van der Waals surface area (Å²) in [7, 11) is 0. The largest absolute Gasteiger partial charge is 0.263 e. The molecule has 0 nitrogen and oxygen atoms in total. The van der Waals surface area contributed by atoms with E-state index in [4.69, 9.17) is 0 Å². The number of benzene rings is 1. The van der Waals surface area contributed by atoms with E-state index in [1.54, 1.807) is 5.56 Å². The van der Waals surface area contributed by atoms with Crippen LogP contribution in [0.5, 0.6) is 0 Å². The summed E-state index contributed by atoms with van der Waals surface area (Å²) in [5, 5.41) is 0. The van der Waals surface area contributed by atoms with Gasteiger partial charge in [0.05, 0.1) is 0 Å². The fourth-order valence-corrected chi connectivity index (χ4v) is 4.28. The molecule has 1 aromatic carbocycles. The van der Waals surface area contributed by atoms with E-state index in [0.717, 1.165) is 6.42 Å². The van der Waals surface area contributed by atoms with E-state index in [1.165, 1.54) is 45.4 Å². The summed E-state index contributed by atoms with van der Waals surface area (Å²) in [6.45, 7) is 17.8. The first-order valence-corrected chi connectivity index (χ1v) is 9.49. The molecule has 0 aromatic heterocycles. The van der Waals surface area contributed by atoms with E-state index in [-0.39, 0.29) is 31.3 Å². The molecule has 26 heavy (non-hydrogen) atoms. The fraction of sp³-hybridized carbons (Fsp3) is 0.480. The summed E-state index contributed by atoms with van der Waals surface area (Å²) in [5.41, 5.74) is 12.2. The third kappa shape index (κ3) is 4.03. The van der Waals surface area contributed by atoms with Crippen LogP contribution in [-0.2, 0) is 38.7 Å². The molecule has 0 N–H and O–H groups in total. The molecule has 0 bridgehead atoms. The summed E-state index contributed by atoms with van der Waals surface area (Å²) in [6.07, 6.45) is 10.5. The SMILES string of the molecule is CC1=CCc2cc3c(cc21)[CH-]C(C)(C)C3.CC1=[C-]C(C)(C)C(C)=C1C.[Hf]. The Morgan fingerprint density at radius 3 is 2.12 bits per heavy atom. The first kappa shape index (κ1) is 21.5. The van der Waals surface area contributed by atoms with Gasteiger partial charge in [-0.3, -0.25) is 6.08 Å². The van der Waals surface area contributed by atoms with E-state index in [1.807, 2.05) is 0 Å². The van der Waals surface area contributed by atoms with Gasteiger partial charge in [-0.05, 0) is 13.3 Å². The van der Waals surface area contributed by atoms with Crippen LogP contribution in [0.15, 0.2) is 34.9 Å². The van der Waals surface area contributed by atoms with Gasteiger partial charge in [0, 0.05) is 25.8 Å². The van der Waals surface area contributed by atoms with Crippen molar-refractivity contribution in [2.24, 2.45) is 10.8 Å². The van der Waals surface area contributed by atoms with Crippen LogP contribution < -0.4 is 0 Å².